The standard InChI is InChI=1S/C8H10F2N2O.C2H6/c1-5-4-6(8(2,9)10)11-12-7(5)13-3;1-2/h4H,1-3H3;1-2H3. The molecule has 0 saturated carbocycles. The molecule has 3 nitrogen and oxygen atoms in total. The van der Waals surface area contributed by atoms with Crippen molar-refractivity contribution in [2.75, 3.05) is 7.11 Å². The Balaban J connectivity index is 0.000000921. The van der Waals surface area contributed by atoms with E-state index in [0.29, 0.717) is 5.56 Å². The lowest BCUT2D eigenvalue weighted by Crippen LogP contribution is -2.11. The Morgan fingerprint density at radius 2 is 1.80 bits per heavy atom. The number of rotatable bonds is 2. The van der Waals surface area contributed by atoms with E-state index in [1.807, 2.05) is 13.8 Å². The molecule has 1 rings (SSSR count). The van der Waals surface area contributed by atoms with Crippen LogP contribution in [0.25, 0.3) is 0 Å². The predicted molar refractivity (Wildman–Crippen MR) is 54.2 cm³/mol. The fourth-order valence-electron chi connectivity index (χ4n) is 0.890. The van der Waals surface area contributed by atoms with E-state index in [2.05, 4.69) is 10.2 Å². The van der Waals surface area contributed by atoms with E-state index in [0.717, 1.165) is 6.92 Å². The molecular formula is C10H16F2N2O. The van der Waals surface area contributed by atoms with Crippen molar-refractivity contribution in [1.29, 1.82) is 0 Å². The number of alkyl halides is 2. The van der Waals surface area contributed by atoms with Crippen LogP contribution in [0.1, 0.15) is 32.0 Å². The molecule has 0 radical (unpaired) electrons. The van der Waals surface area contributed by atoms with Crippen LogP contribution in [0.15, 0.2) is 6.07 Å². The average Bonchev–Trinajstić information content (AvgIpc) is 2.19. The first-order valence-electron chi connectivity index (χ1n) is 4.71. The van der Waals surface area contributed by atoms with Gasteiger partial charge < -0.3 is 4.74 Å². The quantitative estimate of drug-likeness (QED) is 0.765. The van der Waals surface area contributed by atoms with Gasteiger partial charge in [-0.3, -0.25) is 0 Å². The highest BCUT2D eigenvalue weighted by Gasteiger charge is 2.27. The molecule has 1 aromatic rings. The summed E-state index contributed by atoms with van der Waals surface area (Å²) in [6, 6.07) is 1.27. The average molecular weight is 218 g/mol. The molecule has 0 aliphatic heterocycles. The normalized spacial score (nSPS) is 10.3. The number of nitrogens with zero attached hydrogens (tertiary/aromatic N) is 2. The summed E-state index contributed by atoms with van der Waals surface area (Å²) >= 11 is 0. The van der Waals surface area contributed by atoms with Gasteiger partial charge in [-0.2, -0.15) is 8.78 Å². The van der Waals surface area contributed by atoms with E-state index in [4.69, 9.17) is 4.74 Å². The lowest BCUT2D eigenvalue weighted by molar-refractivity contribution is 0.0116. The van der Waals surface area contributed by atoms with Crippen molar-refractivity contribution >= 4 is 0 Å². The minimum absolute atomic E-state index is 0.271. The zero-order valence-corrected chi connectivity index (χ0v) is 9.64. The number of aromatic nitrogens is 2. The van der Waals surface area contributed by atoms with Crippen LogP contribution >= 0.6 is 0 Å². The molecule has 0 fully saturated rings. The molecule has 1 heterocycles. The molecule has 0 amide bonds. The van der Waals surface area contributed by atoms with Gasteiger partial charge in [-0.25, -0.2) is 0 Å². The number of halogens is 2. The number of methoxy groups -OCH3 is 1. The van der Waals surface area contributed by atoms with Crippen LogP contribution in [-0.2, 0) is 5.92 Å². The first kappa shape index (κ1) is 13.7. The first-order chi connectivity index (χ1) is 6.95. The Labute approximate surface area is 88.5 Å². The van der Waals surface area contributed by atoms with Crippen molar-refractivity contribution < 1.29 is 13.5 Å². The van der Waals surface area contributed by atoms with E-state index < -0.39 is 5.92 Å². The highest BCUT2D eigenvalue weighted by Crippen LogP contribution is 2.26. The van der Waals surface area contributed by atoms with Gasteiger partial charge in [0.2, 0.25) is 5.88 Å². The third-order valence-corrected chi connectivity index (χ3v) is 1.58. The summed E-state index contributed by atoms with van der Waals surface area (Å²) in [5.74, 6) is -2.68. The molecule has 0 aliphatic carbocycles. The Hall–Kier alpha value is -1.26. The number of hydrogen-bond acceptors (Lipinski definition) is 3. The summed E-state index contributed by atoms with van der Waals surface area (Å²) in [6.45, 7) is 6.42. The molecule has 0 aliphatic rings. The molecule has 15 heavy (non-hydrogen) atoms. The lowest BCUT2D eigenvalue weighted by Gasteiger charge is -2.10. The van der Waals surface area contributed by atoms with Gasteiger partial charge in [0.1, 0.15) is 5.69 Å². The maximum Gasteiger partial charge on any atom is 0.288 e. The van der Waals surface area contributed by atoms with Gasteiger partial charge >= 0.3 is 0 Å². The molecule has 5 heteroatoms. The van der Waals surface area contributed by atoms with Gasteiger partial charge in [0.25, 0.3) is 5.92 Å². The Morgan fingerprint density at radius 3 is 2.13 bits per heavy atom. The molecule has 86 valence electrons. The van der Waals surface area contributed by atoms with Crippen LogP contribution in [0.5, 0.6) is 5.88 Å². The van der Waals surface area contributed by atoms with E-state index in [9.17, 15) is 8.78 Å². The number of aryl methyl sites for hydroxylation is 1. The molecule has 0 spiro atoms. The second-order valence-corrected chi connectivity index (χ2v) is 2.81. The van der Waals surface area contributed by atoms with Gasteiger partial charge in [-0.15, -0.1) is 10.2 Å². The van der Waals surface area contributed by atoms with Crippen molar-refractivity contribution in [3.63, 3.8) is 0 Å². The molecule has 0 N–H and O–H groups in total. The highest BCUT2D eigenvalue weighted by atomic mass is 19.3. The summed E-state index contributed by atoms with van der Waals surface area (Å²) in [4.78, 5) is 0. The summed E-state index contributed by atoms with van der Waals surface area (Å²) in [5, 5.41) is 6.87. The van der Waals surface area contributed by atoms with Gasteiger partial charge in [-0.05, 0) is 13.0 Å². The van der Waals surface area contributed by atoms with Gasteiger partial charge in [-0.1, -0.05) is 13.8 Å². The summed E-state index contributed by atoms with van der Waals surface area (Å²) in [5.41, 5.74) is 0.208. The maximum absolute atomic E-state index is 12.7. The zero-order valence-electron chi connectivity index (χ0n) is 9.64. The van der Waals surface area contributed by atoms with Crippen molar-refractivity contribution in [3.05, 3.63) is 17.3 Å². The second-order valence-electron chi connectivity index (χ2n) is 2.81. The molecule has 0 aromatic carbocycles. The van der Waals surface area contributed by atoms with Crippen LogP contribution in [0, 0.1) is 6.92 Å². The SMILES string of the molecule is CC.COc1nnc(C(C)(F)F)cc1C. The Morgan fingerprint density at radius 1 is 1.27 bits per heavy atom. The number of hydrogen-bond donors (Lipinski definition) is 0. The van der Waals surface area contributed by atoms with Gasteiger partial charge in [0.05, 0.1) is 7.11 Å². The maximum atomic E-state index is 12.7. The molecule has 0 atom stereocenters. The molecular weight excluding hydrogens is 202 g/mol. The first-order valence-corrected chi connectivity index (χ1v) is 4.71. The summed E-state index contributed by atoms with van der Waals surface area (Å²) < 4.78 is 30.2. The van der Waals surface area contributed by atoms with Crippen molar-refractivity contribution in [2.24, 2.45) is 0 Å². The highest BCUT2D eigenvalue weighted by molar-refractivity contribution is 5.25. The van der Waals surface area contributed by atoms with Crippen LogP contribution in [0.3, 0.4) is 0 Å². The topological polar surface area (TPSA) is 35.0 Å². The van der Waals surface area contributed by atoms with E-state index in [1.165, 1.54) is 13.2 Å². The monoisotopic (exact) mass is 218 g/mol. The molecule has 1 aromatic heterocycles. The molecule has 0 bridgehead atoms. The van der Waals surface area contributed by atoms with Crippen LogP contribution in [0.2, 0.25) is 0 Å². The van der Waals surface area contributed by atoms with Gasteiger partial charge in [0.15, 0.2) is 0 Å². The predicted octanol–water partition coefficient (Wildman–Crippen LogP) is 2.93. The fraction of sp³-hybridized carbons (Fsp3) is 0.600. The number of ether oxygens (including phenoxy) is 1. The summed E-state index contributed by atoms with van der Waals surface area (Å²) in [6.07, 6.45) is 0. The third-order valence-electron chi connectivity index (χ3n) is 1.58. The molecule has 0 saturated heterocycles. The fourth-order valence-corrected chi connectivity index (χ4v) is 0.890. The van der Waals surface area contributed by atoms with Crippen molar-refractivity contribution in [2.45, 2.75) is 33.6 Å². The Bertz CT molecular complexity index is 311. The Kier molecular flexibility index (Phi) is 5.11. The minimum Gasteiger partial charge on any atom is -0.480 e. The van der Waals surface area contributed by atoms with E-state index in [-0.39, 0.29) is 11.6 Å². The summed E-state index contributed by atoms with van der Waals surface area (Å²) in [7, 11) is 1.42. The smallest absolute Gasteiger partial charge is 0.288 e. The minimum atomic E-state index is -2.95. The largest absolute Gasteiger partial charge is 0.480 e. The van der Waals surface area contributed by atoms with E-state index >= 15 is 0 Å². The van der Waals surface area contributed by atoms with Crippen molar-refractivity contribution in [1.82, 2.24) is 10.2 Å². The zero-order chi connectivity index (χ0) is 12.1. The van der Waals surface area contributed by atoms with Gasteiger partial charge in [0, 0.05) is 12.5 Å². The lowest BCUT2D eigenvalue weighted by atomic mass is 10.2. The van der Waals surface area contributed by atoms with Crippen LogP contribution in [0.4, 0.5) is 8.78 Å². The molecule has 0 unspecified atom stereocenters. The second kappa shape index (κ2) is 5.58. The third kappa shape index (κ3) is 3.77. The van der Waals surface area contributed by atoms with E-state index in [1.54, 1.807) is 6.92 Å². The van der Waals surface area contributed by atoms with Crippen LogP contribution < -0.4 is 4.74 Å². The van der Waals surface area contributed by atoms with Crippen LogP contribution in [-0.4, -0.2) is 17.3 Å². The van der Waals surface area contributed by atoms with Crippen molar-refractivity contribution in [3.8, 4) is 5.88 Å².